The summed E-state index contributed by atoms with van der Waals surface area (Å²) in [5, 5.41) is 1.55. The first-order chi connectivity index (χ1) is 10.3. The summed E-state index contributed by atoms with van der Waals surface area (Å²) in [5.74, 6) is -0.616. The van der Waals surface area contributed by atoms with Crippen LogP contribution in [0.4, 0.5) is 0 Å². The average Bonchev–Trinajstić information content (AvgIpc) is 2.74. The molecule has 1 aliphatic heterocycles. The van der Waals surface area contributed by atoms with Crippen LogP contribution < -0.4 is 0 Å². The van der Waals surface area contributed by atoms with Crippen LogP contribution in [0.5, 0.6) is 0 Å². The third kappa shape index (κ3) is 2.63. The zero-order valence-corrected chi connectivity index (χ0v) is 13.6. The van der Waals surface area contributed by atoms with E-state index in [9.17, 15) is 9.59 Å². The predicted octanol–water partition coefficient (Wildman–Crippen LogP) is 3.69. The maximum atomic E-state index is 12.5. The largest absolute Gasteiger partial charge is 0.458 e. The second-order valence-corrected chi connectivity index (χ2v) is 7.05. The Bertz CT molecular complexity index is 770. The lowest BCUT2D eigenvalue weighted by Crippen LogP contribution is -2.37. The number of carbonyl (C=O) groups excluding carboxylic acids is 2. The Morgan fingerprint density at radius 2 is 2.00 bits per heavy atom. The van der Waals surface area contributed by atoms with E-state index in [0.717, 1.165) is 16.6 Å². The predicted molar refractivity (Wildman–Crippen MR) is 85.2 cm³/mol. The summed E-state index contributed by atoms with van der Waals surface area (Å²) in [6.07, 6.45) is 0.985. The smallest absolute Gasteiger partial charge is 0.337 e. The van der Waals surface area contributed by atoms with Gasteiger partial charge in [-0.2, -0.15) is 0 Å². The summed E-state index contributed by atoms with van der Waals surface area (Å²) in [7, 11) is 0. The minimum Gasteiger partial charge on any atom is -0.458 e. The fourth-order valence-corrected chi connectivity index (χ4v) is 3.04. The first-order valence-corrected chi connectivity index (χ1v) is 7.69. The summed E-state index contributed by atoms with van der Waals surface area (Å²) in [4.78, 5) is 24.9. The van der Waals surface area contributed by atoms with Crippen LogP contribution in [0.25, 0.3) is 10.9 Å². The zero-order chi connectivity index (χ0) is 16.1. The lowest BCUT2D eigenvalue weighted by Gasteiger charge is -2.28. The van der Waals surface area contributed by atoms with Crippen molar-refractivity contribution in [2.75, 3.05) is 0 Å². The molecule has 4 nitrogen and oxygen atoms in total. The molecule has 5 heteroatoms. The molecular formula is C17H18ClNO3. The number of carbonyl (C=O) groups is 2. The van der Waals surface area contributed by atoms with Gasteiger partial charge in [0, 0.05) is 17.1 Å². The first kappa shape index (κ1) is 15.1. The molecule has 0 saturated carbocycles. The van der Waals surface area contributed by atoms with Crippen molar-refractivity contribution in [3.05, 3.63) is 35.0 Å². The number of rotatable bonds is 1. The summed E-state index contributed by atoms with van der Waals surface area (Å²) in [6, 6.07) is 6.59. The van der Waals surface area contributed by atoms with Crippen molar-refractivity contribution >= 4 is 34.3 Å². The van der Waals surface area contributed by atoms with E-state index in [2.05, 4.69) is 0 Å². The number of esters is 1. The van der Waals surface area contributed by atoms with Gasteiger partial charge in [-0.25, -0.2) is 4.79 Å². The number of hydrogen-bond donors (Lipinski definition) is 0. The Kier molecular flexibility index (Phi) is 3.52. The van der Waals surface area contributed by atoms with Crippen molar-refractivity contribution in [3.8, 4) is 0 Å². The van der Waals surface area contributed by atoms with E-state index in [-0.39, 0.29) is 5.78 Å². The van der Waals surface area contributed by atoms with E-state index >= 15 is 0 Å². The van der Waals surface area contributed by atoms with Gasteiger partial charge in [0.2, 0.25) is 0 Å². The molecule has 0 saturated heterocycles. The molecule has 0 spiro atoms. The van der Waals surface area contributed by atoms with Gasteiger partial charge in [-0.3, -0.25) is 4.79 Å². The van der Waals surface area contributed by atoms with Crippen LogP contribution >= 0.6 is 11.6 Å². The number of halogens is 1. The van der Waals surface area contributed by atoms with Crippen LogP contribution in [0.1, 0.15) is 38.9 Å². The van der Waals surface area contributed by atoms with Crippen LogP contribution in [-0.2, 0) is 20.7 Å². The van der Waals surface area contributed by atoms with Gasteiger partial charge in [0.05, 0.1) is 5.52 Å². The van der Waals surface area contributed by atoms with Gasteiger partial charge in [-0.05, 0) is 50.8 Å². The molecule has 0 fully saturated rings. The van der Waals surface area contributed by atoms with E-state index < -0.39 is 17.6 Å². The zero-order valence-electron chi connectivity index (χ0n) is 12.9. The highest BCUT2D eigenvalue weighted by atomic mass is 35.5. The molecule has 1 aliphatic rings. The fourth-order valence-electron chi connectivity index (χ4n) is 2.88. The number of nitrogens with zero attached hydrogens (tertiary/aromatic N) is 1. The Hall–Kier alpha value is -1.81. The van der Waals surface area contributed by atoms with Crippen LogP contribution in [-0.4, -0.2) is 21.9 Å². The van der Waals surface area contributed by atoms with Crippen molar-refractivity contribution < 1.29 is 14.3 Å². The van der Waals surface area contributed by atoms with Crippen LogP contribution in [0.2, 0.25) is 5.02 Å². The molecule has 1 aromatic heterocycles. The Morgan fingerprint density at radius 3 is 2.68 bits per heavy atom. The van der Waals surface area contributed by atoms with E-state index in [4.69, 9.17) is 16.3 Å². The second-order valence-electron chi connectivity index (χ2n) is 6.61. The minimum absolute atomic E-state index is 0.112. The number of ether oxygens (including phenoxy) is 1. The number of ketones is 1. The molecule has 116 valence electrons. The minimum atomic E-state index is -0.918. The first-order valence-electron chi connectivity index (χ1n) is 7.31. The molecule has 1 aromatic carbocycles. The average molecular weight is 320 g/mol. The monoisotopic (exact) mass is 319 g/mol. The topological polar surface area (TPSA) is 48.3 Å². The summed E-state index contributed by atoms with van der Waals surface area (Å²) in [6.45, 7) is 5.39. The van der Waals surface area contributed by atoms with Crippen LogP contribution in [0.15, 0.2) is 24.3 Å². The number of fused-ring (bicyclic) bond motifs is 3. The van der Waals surface area contributed by atoms with Gasteiger partial charge in [-0.15, -0.1) is 0 Å². The Labute approximate surface area is 134 Å². The van der Waals surface area contributed by atoms with E-state index in [0.29, 0.717) is 17.9 Å². The number of Topliss-reactive ketones (excluding diaryl/α,β-unsaturated/α-hetero) is 1. The molecule has 2 aromatic rings. The van der Waals surface area contributed by atoms with Crippen molar-refractivity contribution in [1.82, 2.24) is 4.57 Å². The van der Waals surface area contributed by atoms with Gasteiger partial charge in [-0.1, -0.05) is 17.7 Å². The highest BCUT2D eigenvalue weighted by Crippen LogP contribution is 2.33. The molecule has 0 unspecified atom stereocenters. The van der Waals surface area contributed by atoms with Gasteiger partial charge >= 0.3 is 5.97 Å². The molecule has 0 radical (unpaired) electrons. The van der Waals surface area contributed by atoms with Gasteiger partial charge < -0.3 is 9.30 Å². The normalized spacial score (nSPS) is 18.4. The van der Waals surface area contributed by atoms with Crippen molar-refractivity contribution in [2.45, 2.75) is 45.3 Å². The highest BCUT2D eigenvalue weighted by Gasteiger charge is 2.37. The molecule has 2 heterocycles. The summed E-state index contributed by atoms with van der Waals surface area (Å²) < 4.78 is 7.22. The number of hydrogen-bond acceptors (Lipinski definition) is 3. The third-order valence-electron chi connectivity index (χ3n) is 3.70. The van der Waals surface area contributed by atoms with Crippen molar-refractivity contribution in [3.63, 3.8) is 0 Å². The molecule has 0 aliphatic carbocycles. The lowest BCUT2D eigenvalue weighted by molar-refractivity contribution is -0.161. The molecule has 22 heavy (non-hydrogen) atoms. The maximum Gasteiger partial charge on any atom is 0.337 e. The van der Waals surface area contributed by atoms with Gasteiger partial charge in [0.1, 0.15) is 5.60 Å². The van der Waals surface area contributed by atoms with E-state index in [1.165, 1.54) is 0 Å². The Morgan fingerprint density at radius 1 is 1.27 bits per heavy atom. The third-order valence-corrected chi connectivity index (χ3v) is 3.94. The molecule has 1 atom stereocenters. The van der Waals surface area contributed by atoms with E-state index in [1.54, 1.807) is 37.5 Å². The SMILES string of the molecule is CC(C)(C)OC(=O)[C@H]1C(=O)CCc2cc3ccc(Cl)cc3n21. The molecule has 0 N–H and O–H groups in total. The van der Waals surface area contributed by atoms with E-state index in [1.807, 2.05) is 12.1 Å². The summed E-state index contributed by atoms with van der Waals surface area (Å²) >= 11 is 6.07. The number of aromatic nitrogens is 1. The van der Waals surface area contributed by atoms with Gasteiger partial charge in [0.15, 0.2) is 11.8 Å². The number of benzene rings is 1. The Balaban J connectivity index is 2.13. The summed E-state index contributed by atoms with van der Waals surface area (Å²) in [5.41, 5.74) is 1.13. The standard InChI is InChI=1S/C17H18ClNO3/c1-17(2,3)22-16(21)15-14(20)7-6-12-8-10-4-5-11(18)9-13(10)19(12)15/h4-5,8-9,15H,6-7H2,1-3H3/t15-/m1/s1. The highest BCUT2D eigenvalue weighted by molar-refractivity contribution is 6.31. The quantitative estimate of drug-likeness (QED) is 0.595. The number of aryl methyl sites for hydroxylation is 1. The molecule has 0 bridgehead atoms. The van der Waals surface area contributed by atoms with Crippen molar-refractivity contribution in [2.24, 2.45) is 0 Å². The van der Waals surface area contributed by atoms with Gasteiger partial charge in [0.25, 0.3) is 0 Å². The maximum absolute atomic E-state index is 12.5. The van der Waals surface area contributed by atoms with Crippen LogP contribution in [0, 0.1) is 0 Å². The second kappa shape index (κ2) is 5.13. The fraction of sp³-hybridized carbons (Fsp3) is 0.412. The molecule has 0 amide bonds. The molecular weight excluding hydrogens is 302 g/mol. The van der Waals surface area contributed by atoms with Crippen molar-refractivity contribution in [1.29, 1.82) is 0 Å². The molecule has 3 rings (SSSR count). The lowest BCUT2D eigenvalue weighted by atomic mass is 10.0. The van der Waals surface area contributed by atoms with Crippen LogP contribution in [0.3, 0.4) is 0 Å².